The maximum atomic E-state index is 12.2. The third-order valence-corrected chi connectivity index (χ3v) is 4.23. The van der Waals surface area contributed by atoms with Gasteiger partial charge in [0, 0.05) is 19.8 Å². The number of anilines is 1. The molecule has 0 radical (unpaired) electrons. The molecule has 1 unspecified atom stereocenters. The topological polar surface area (TPSA) is 83.0 Å². The van der Waals surface area contributed by atoms with Crippen LogP contribution in [0.3, 0.4) is 0 Å². The molecule has 1 aromatic carbocycles. The zero-order valence-electron chi connectivity index (χ0n) is 15.9. The quantitative estimate of drug-likeness (QED) is 0.612. The molecule has 7 nitrogen and oxygen atoms in total. The Labute approximate surface area is 149 Å². The Morgan fingerprint density at radius 3 is 2.24 bits per heavy atom. The maximum absolute atomic E-state index is 12.2. The molecule has 0 saturated carbocycles. The van der Waals surface area contributed by atoms with Gasteiger partial charge in [0.1, 0.15) is 0 Å². The average molecular weight is 349 g/mol. The largest absolute Gasteiger partial charge is 0.344 e. The lowest BCUT2D eigenvalue weighted by Gasteiger charge is -2.22. The van der Waals surface area contributed by atoms with E-state index in [9.17, 15) is 14.4 Å². The number of carbonyl (C=O) groups excluding carboxylic acids is 3. The van der Waals surface area contributed by atoms with Crippen LogP contribution in [0.25, 0.3) is 0 Å². The Morgan fingerprint density at radius 1 is 1.16 bits per heavy atom. The SMILES string of the molecule is Cc1cccc(C)c1NC(=O)CNC(=O)[C@H](C)[NH+](C)CC(=O)N(C)C. The summed E-state index contributed by atoms with van der Waals surface area (Å²) in [4.78, 5) is 38.3. The number of rotatable bonds is 7. The number of quaternary nitrogens is 1. The fourth-order valence-electron chi connectivity index (χ4n) is 2.29. The Morgan fingerprint density at radius 2 is 1.72 bits per heavy atom. The first kappa shape index (κ1) is 20.6. The first-order valence-corrected chi connectivity index (χ1v) is 8.29. The maximum Gasteiger partial charge on any atom is 0.278 e. The van der Waals surface area contributed by atoms with E-state index in [1.165, 1.54) is 4.90 Å². The number of likely N-dealkylation sites (N-methyl/N-ethyl adjacent to an activating group) is 2. The van der Waals surface area contributed by atoms with Crippen molar-refractivity contribution in [2.75, 3.05) is 39.5 Å². The second kappa shape index (κ2) is 9.17. The molecule has 7 heteroatoms. The molecule has 0 bridgehead atoms. The molecule has 25 heavy (non-hydrogen) atoms. The summed E-state index contributed by atoms with van der Waals surface area (Å²) >= 11 is 0. The molecule has 1 rings (SSSR count). The second-order valence-corrected chi connectivity index (χ2v) is 6.57. The van der Waals surface area contributed by atoms with Crippen molar-refractivity contribution in [1.29, 1.82) is 0 Å². The van der Waals surface area contributed by atoms with Gasteiger partial charge in [-0.15, -0.1) is 0 Å². The van der Waals surface area contributed by atoms with Crippen LogP contribution in [-0.2, 0) is 14.4 Å². The molecule has 0 fully saturated rings. The van der Waals surface area contributed by atoms with Crippen LogP contribution in [0.1, 0.15) is 18.1 Å². The van der Waals surface area contributed by atoms with Gasteiger partial charge in [0.25, 0.3) is 11.8 Å². The fraction of sp³-hybridized carbons (Fsp3) is 0.500. The van der Waals surface area contributed by atoms with Crippen LogP contribution in [0.5, 0.6) is 0 Å². The third kappa shape index (κ3) is 6.19. The predicted octanol–water partition coefficient (Wildman–Crippen LogP) is -0.650. The molecule has 0 aliphatic rings. The van der Waals surface area contributed by atoms with E-state index in [4.69, 9.17) is 0 Å². The molecule has 0 aliphatic carbocycles. The average Bonchev–Trinajstić information content (AvgIpc) is 2.55. The molecule has 1 aromatic rings. The van der Waals surface area contributed by atoms with Gasteiger partial charge in [0.15, 0.2) is 12.6 Å². The van der Waals surface area contributed by atoms with Crippen molar-refractivity contribution >= 4 is 23.4 Å². The molecule has 0 aromatic heterocycles. The summed E-state index contributed by atoms with van der Waals surface area (Å²) in [5.41, 5.74) is 2.72. The van der Waals surface area contributed by atoms with E-state index < -0.39 is 6.04 Å². The number of nitrogens with one attached hydrogen (secondary N) is 3. The van der Waals surface area contributed by atoms with Gasteiger partial charge in [-0.1, -0.05) is 18.2 Å². The minimum absolute atomic E-state index is 0.0510. The minimum Gasteiger partial charge on any atom is -0.344 e. The predicted molar refractivity (Wildman–Crippen MR) is 97.5 cm³/mol. The highest BCUT2D eigenvalue weighted by molar-refractivity contribution is 5.96. The smallest absolute Gasteiger partial charge is 0.278 e. The van der Waals surface area contributed by atoms with Crippen molar-refractivity contribution < 1.29 is 19.3 Å². The van der Waals surface area contributed by atoms with Crippen molar-refractivity contribution in [2.45, 2.75) is 26.8 Å². The lowest BCUT2D eigenvalue weighted by atomic mass is 10.1. The highest BCUT2D eigenvalue weighted by Gasteiger charge is 2.24. The van der Waals surface area contributed by atoms with E-state index in [1.54, 1.807) is 28.1 Å². The normalized spacial score (nSPS) is 12.9. The Bertz CT molecular complexity index is 623. The molecule has 3 N–H and O–H groups in total. The van der Waals surface area contributed by atoms with Crippen molar-refractivity contribution in [2.24, 2.45) is 0 Å². The summed E-state index contributed by atoms with van der Waals surface area (Å²) in [6, 6.07) is 5.33. The van der Waals surface area contributed by atoms with Gasteiger partial charge in [-0.2, -0.15) is 0 Å². The highest BCUT2D eigenvalue weighted by Crippen LogP contribution is 2.18. The molecule has 2 atom stereocenters. The van der Waals surface area contributed by atoms with E-state index in [0.29, 0.717) is 0 Å². The van der Waals surface area contributed by atoms with Crippen molar-refractivity contribution in [3.8, 4) is 0 Å². The zero-order chi connectivity index (χ0) is 19.1. The zero-order valence-corrected chi connectivity index (χ0v) is 15.9. The van der Waals surface area contributed by atoms with Crippen LogP contribution in [0.4, 0.5) is 5.69 Å². The molecule has 0 saturated heterocycles. The molecule has 3 amide bonds. The number of para-hydroxylation sites is 1. The van der Waals surface area contributed by atoms with Gasteiger partial charge in [-0.25, -0.2) is 0 Å². The number of hydrogen-bond acceptors (Lipinski definition) is 3. The molecule has 0 aliphatic heterocycles. The van der Waals surface area contributed by atoms with E-state index in [2.05, 4.69) is 10.6 Å². The number of nitrogens with zero attached hydrogens (tertiary/aromatic N) is 1. The fourth-order valence-corrected chi connectivity index (χ4v) is 2.29. The van der Waals surface area contributed by atoms with Crippen molar-refractivity contribution in [3.05, 3.63) is 29.3 Å². The molecule has 0 heterocycles. The summed E-state index contributed by atoms with van der Waals surface area (Å²) in [7, 11) is 5.14. The monoisotopic (exact) mass is 349 g/mol. The summed E-state index contributed by atoms with van der Waals surface area (Å²) < 4.78 is 0. The first-order chi connectivity index (χ1) is 11.6. The highest BCUT2D eigenvalue weighted by atomic mass is 16.2. The lowest BCUT2D eigenvalue weighted by molar-refractivity contribution is -0.886. The van der Waals surface area contributed by atoms with Gasteiger partial charge in [-0.3, -0.25) is 14.4 Å². The Balaban J connectivity index is 2.52. The number of amides is 3. The second-order valence-electron chi connectivity index (χ2n) is 6.57. The Hall–Kier alpha value is -2.41. The Kier molecular flexibility index (Phi) is 7.57. The van der Waals surface area contributed by atoms with E-state index in [1.807, 2.05) is 32.0 Å². The number of benzene rings is 1. The molecular formula is C18H29N4O3+. The molecule has 0 spiro atoms. The van der Waals surface area contributed by atoms with Gasteiger partial charge in [-0.05, 0) is 31.9 Å². The number of hydrogen-bond donors (Lipinski definition) is 3. The van der Waals surface area contributed by atoms with Crippen LogP contribution in [0.15, 0.2) is 18.2 Å². The van der Waals surface area contributed by atoms with Crippen molar-refractivity contribution in [3.63, 3.8) is 0 Å². The molecular weight excluding hydrogens is 320 g/mol. The van der Waals surface area contributed by atoms with Gasteiger partial charge < -0.3 is 20.4 Å². The third-order valence-electron chi connectivity index (χ3n) is 4.23. The van der Waals surface area contributed by atoms with Crippen LogP contribution < -0.4 is 15.5 Å². The van der Waals surface area contributed by atoms with Crippen LogP contribution in [0, 0.1) is 13.8 Å². The van der Waals surface area contributed by atoms with Crippen LogP contribution >= 0.6 is 0 Å². The van der Waals surface area contributed by atoms with Gasteiger partial charge in [0.2, 0.25) is 5.91 Å². The van der Waals surface area contributed by atoms with Gasteiger partial charge in [0.05, 0.1) is 13.6 Å². The van der Waals surface area contributed by atoms with E-state index >= 15 is 0 Å². The van der Waals surface area contributed by atoms with E-state index in [0.717, 1.165) is 21.7 Å². The first-order valence-electron chi connectivity index (χ1n) is 8.29. The standard InChI is InChI=1S/C18H28N4O3/c1-12-8-7-9-13(2)17(12)20-15(23)10-19-18(25)14(3)22(6)11-16(24)21(4)5/h7-9,14H,10-11H2,1-6H3,(H,19,25)(H,20,23)/p+1/t14-/m0/s1. The van der Waals surface area contributed by atoms with Gasteiger partial charge >= 0.3 is 0 Å². The van der Waals surface area contributed by atoms with E-state index in [-0.39, 0.29) is 30.8 Å². The van der Waals surface area contributed by atoms with Crippen LogP contribution in [-0.4, -0.2) is 62.9 Å². The van der Waals surface area contributed by atoms with Crippen LogP contribution in [0.2, 0.25) is 0 Å². The summed E-state index contributed by atoms with van der Waals surface area (Å²) in [5.74, 6) is -0.592. The summed E-state index contributed by atoms with van der Waals surface area (Å²) in [6.45, 7) is 5.69. The number of carbonyl (C=O) groups is 3. The number of aryl methyl sites for hydroxylation is 2. The molecule has 138 valence electrons. The summed E-state index contributed by atoms with van der Waals surface area (Å²) in [5, 5.41) is 5.46. The minimum atomic E-state index is -0.433. The van der Waals surface area contributed by atoms with Crippen molar-refractivity contribution in [1.82, 2.24) is 10.2 Å². The lowest BCUT2D eigenvalue weighted by Crippen LogP contribution is -3.15. The summed E-state index contributed by atoms with van der Waals surface area (Å²) in [6.07, 6.45) is 0.